The van der Waals surface area contributed by atoms with Gasteiger partial charge in [0.2, 0.25) is 0 Å². The van der Waals surface area contributed by atoms with Gasteiger partial charge < -0.3 is 15.0 Å². The van der Waals surface area contributed by atoms with Crippen LogP contribution in [0.25, 0.3) is 0 Å². The maximum atomic E-state index is 12.4. The van der Waals surface area contributed by atoms with Crippen molar-refractivity contribution < 1.29 is 14.7 Å². The lowest BCUT2D eigenvalue weighted by molar-refractivity contribution is -0.142. The number of amides is 1. The molecule has 2 fully saturated rings. The molecule has 21 heavy (non-hydrogen) atoms. The number of hydrogen-bond donors (Lipinski definition) is 2. The zero-order chi connectivity index (χ0) is 15.1. The summed E-state index contributed by atoms with van der Waals surface area (Å²) in [4.78, 5) is 38.9. The summed E-state index contributed by atoms with van der Waals surface area (Å²) in [7, 11) is 0. The molecule has 2 N–H and O–H groups in total. The van der Waals surface area contributed by atoms with Gasteiger partial charge in [-0.05, 0) is 30.7 Å². The molecule has 0 radical (unpaired) electrons. The van der Waals surface area contributed by atoms with E-state index in [9.17, 15) is 19.5 Å². The summed E-state index contributed by atoms with van der Waals surface area (Å²) in [5, 5.41) is 9.26. The van der Waals surface area contributed by atoms with Crippen LogP contribution in [-0.2, 0) is 4.79 Å². The van der Waals surface area contributed by atoms with Crippen molar-refractivity contribution in [3.8, 4) is 0 Å². The van der Waals surface area contributed by atoms with Gasteiger partial charge in [0, 0.05) is 19.3 Å². The molecule has 2 atom stereocenters. The van der Waals surface area contributed by atoms with Gasteiger partial charge in [-0.25, -0.2) is 0 Å². The molecule has 1 aromatic rings. The Morgan fingerprint density at radius 1 is 1.33 bits per heavy atom. The lowest BCUT2D eigenvalue weighted by atomic mass is 9.92. The third-order valence-corrected chi connectivity index (χ3v) is 4.58. The summed E-state index contributed by atoms with van der Waals surface area (Å²) >= 11 is 5.72. The third kappa shape index (κ3) is 2.68. The van der Waals surface area contributed by atoms with Crippen molar-refractivity contribution in [2.75, 3.05) is 13.1 Å². The highest BCUT2D eigenvalue weighted by Gasteiger charge is 2.46. The first kappa shape index (κ1) is 14.1. The molecule has 2 aliphatic rings. The molecular formula is C14H15ClN2O4. The van der Waals surface area contributed by atoms with Gasteiger partial charge in [0.25, 0.3) is 11.5 Å². The Bertz CT molecular complexity index is 653. The highest BCUT2D eigenvalue weighted by molar-refractivity contribution is 6.30. The zero-order valence-electron chi connectivity index (χ0n) is 11.2. The van der Waals surface area contributed by atoms with Crippen molar-refractivity contribution in [3.63, 3.8) is 0 Å². The number of rotatable bonds is 3. The number of halogens is 1. The number of H-pyrrole nitrogens is 1. The fraction of sp³-hybridized carbons (Fsp3) is 0.500. The number of aromatic nitrogens is 1. The molecule has 1 aliphatic carbocycles. The Kier molecular flexibility index (Phi) is 3.49. The van der Waals surface area contributed by atoms with Gasteiger partial charge in [-0.2, -0.15) is 0 Å². The van der Waals surface area contributed by atoms with E-state index in [0.717, 1.165) is 12.8 Å². The van der Waals surface area contributed by atoms with Gasteiger partial charge in [0.1, 0.15) is 5.02 Å². The summed E-state index contributed by atoms with van der Waals surface area (Å²) in [6, 6.07) is 1.32. The number of pyridine rings is 1. The Morgan fingerprint density at radius 2 is 2.05 bits per heavy atom. The predicted octanol–water partition coefficient (Wildman–Crippen LogP) is 1.21. The van der Waals surface area contributed by atoms with Gasteiger partial charge in [-0.3, -0.25) is 14.4 Å². The second-order valence-electron chi connectivity index (χ2n) is 5.72. The van der Waals surface area contributed by atoms with Crippen LogP contribution in [-0.4, -0.2) is 40.0 Å². The number of likely N-dealkylation sites (tertiary alicyclic amines) is 1. The van der Waals surface area contributed by atoms with Gasteiger partial charge in [-0.1, -0.05) is 11.6 Å². The molecule has 1 aliphatic heterocycles. The Morgan fingerprint density at radius 3 is 2.62 bits per heavy atom. The van der Waals surface area contributed by atoms with E-state index in [1.54, 1.807) is 4.90 Å². The molecule has 3 rings (SSSR count). The van der Waals surface area contributed by atoms with Crippen LogP contribution in [0.4, 0.5) is 0 Å². The zero-order valence-corrected chi connectivity index (χ0v) is 12.0. The molecule has 6 nitrogen and oxygen atoms in total. The smallest absolute Gasteiger partial charge is 0.308 e. The number of aromatic amines is 1. The van der Waals surface area contributed by atoms with E-state index in [4.69, 9.17) is 11.6 Å². The number of carboxylic acid groups (broad SMARTS) is 1. The van der Waals surface area contributed by atoms with E-state index in [1.165, 1.54) is 12.3 Å². The van der Waals surface area contributed by atoms with E-state index in [-0.39, 0.29) is 29.0 Å². The topological polar surface area (TPSA) is 90.5 Å². The number of aliphatic carboxylic acids is 1. The molecule has 2 heterocycles. The average molecular weight is 311 g/mol. The van der Waals surface area contributed by atoms with Crippen LogP contribution in [0.2, 0.25) is 5.02 Å². The second-order valence-corrected chi connectivity index (χ2v) is 6.13. The molecule has 1 saturated carbocycles. The first-order valence-corrected chi connectivity index (χ1v) is 7.25. The SMILES string of the molecule is O=C(O)[C@@H]1CN(C(=O)c2c[nH]c(=O)c(Cl)c2)C[C@H]1C1CC1. The molecular weight excluding hydrogens is 296 g/mol. The number of carbonyl (C=O) groups excluding carboxylic acids is 1. The lowest BCUT2D eigenvalue weighted by Crippen LogP contribution is -2.30. The minimum atomic E-state index is -0.846. The molecule has 0 spiro atoms. The number of nitrogens with one attached hydrogen (secondary N) is 1. The second kappa shape index (κ2) is 5.18. The molecule has 7 heteroatoms. The largest absolute Gasteiger partial charge is 0.481 e. The monoisotopic (exact) mass is 310 g/mol. The van der Waals surface area contributed by atoms with Crippen molar-refractivity contribution >= 4 is 23.5 Å². The number of carboxylic acids is 1. The van der Waals surface area contributed by atoms with Crippen molar-refractivity contribution in [2.45, 2.75) is 12.8 Å². The van der Waals surface area contributed by atoms with Crippen LogP contribution < -0.4 is 5.56 Å². The summed E-state index contributed by atoms with van der Waals surface area (Å²) < 4.78 is 0. The van der Waals surface area contributed by atoms with Gasteiger partial charge in [-0.15, -0.1) is 0 Å². The van der Waals surface area contributed by atoms with Crippen LogP contribution in [0.5, 0.6) is 0 Å². The minimum Gasteiger partial charge on any atom is -0.481 e. The summed E-state index contributed by atoms with van der Waals surface area (Å²) in [6.45, 7) is 0.670. The first-order valence-electron chi connectivity index (χ1n) is 6.87. The van der Waals surface area contributed by atoms with E-state index >= 15 is 0 Å². The standard InChI is InChI=1S/C14H15ClN2O4/c15-11-3-8(4-16-12(11)18)13(19)17-5-9(7-1-2-7)10(6-17)14(20)21/h3-4,7,9-10H,1-2,5-6H2,(H,16,18)(H,20,21)/t9-,10+/m0/s1. The number of nitrogens with zero attached hydrogens (tertiary/aromatic N) is 1. The van der Waals surface area contributed by atoms with Crippen molar-refractivity contribution in [2.24, 2.45) is 17.8 Å². The molecule has 0 aromatic carbocycles. The fourth-order valence-electron chi connectivity index (χ4n) is 3.02. The van der Waals surface area contributed by atoms with E-state index < -0.39 is 17.4 Å². The van der Waals surface area contributed by atoms with Crippen molar-refractivity contribution in [1.82, 2.24) is 9.88 Å². The third-order valence-electron chi connectivity index (χ3n) is 4.30. The van der Waals surface area contributed by atoms with E-state index in [2.05, 4.69) is 4.98 Å². The first-order chi connectivity index (χ1) is 9.97. The Balaban J connectivity index is 1.80. The molecule has 112 valence electrons. The maximum Gasteiger partial charge on any atom is 0.308 e. The summed E-state index contributed by atoms with van der Waals surface area (Å²) in [6.07, 6.45) is 3.40. The van der Waals surface area contributed by atoms with Gasteiger partial charge >= 0.3 is 5.97 Å². The van der Waals surface area contributed by atoms with Crippen LogP contribution in [0.1, 0.15) is 23.2 Å². The molecule has 1 saturated heterocycles. The minimum absolute atomic E-state index is 0.0321. The Labute approximate surface area is 125 Å². The van der Waals surface area contributed by atoms with Gasteiger partial charge in [0.05, 0.1) is 11.5 Å². The van der Waals surface area contributed by atoms with E-state index in [1.807, 2.05) is 0 Å². The molecule has 0 bridgehead atoms. The average Bonchev–Trinajstić information content (AvgIpc) is 3.19. The predicted molar refractivity (Wildman–Crippen MR) is 75.3 cm³/mol. The lowest BCUT2D eigenvalue weighted by Gasteiger charge is -2.16. The maximum absolute atomic E-state index is 12.4. The molecule has 1 amide bonds. The Hall–Kier alpha value is -1.82. The molecule has 1 aromatic heterocycles. The quantitative estimate of drug-likeness (QED) is 0.878. The van der Waals surface area contributed by atoms with Crippen molar-refractivity contribution in [1.29, 1.82) is 0 Å². The van der Waals surface area contributed by atoms with Crippen LogP contribution in [0.15, 0.2) is 17.1 Å². The highest BCUT2D eigenvalue weighted by atomic mass is 35.5. The summed E-state index contributed by atoms with van der Waals surface area (Å²) in [5.41, 5.74) is -0.172. The van der Waals surface area contributed by atoms with Crippen LogP contribution >= 0.6 is 11.6 Å². The van der Waals surface area contributed by atoms with Crippen LogP contribution in [0, 0.1) is 17.8 Å². The van der Waals surface area contributed by atoms with Crippen molar-refractivity contribution in [3.05, 3.63) is 33.2 Å². The molecule has 0 unspecified atom stereocenters. The normalized spacial score (nSPS) is 25.1. The highest BCUT2D eigenvalue weighted by Crippen LogP contribution is 2.44. The van der Waals surface area contributed by atoms with E-state index in [0.29, 0.717) is 12.5 Å². The van der Waals surface area contributed by atoms with Gasteiger partial charge in [0.15, 0.2) is 0 Å². The summed E-state index contributed by atoms with van der Waals surface area (Å²) in [5.74, 6) is -1.18. The number of hydrogen-bond acceptors (Lipinski definition) is 3. The number of carbonyl (C=O) groups is 2. The fourth-order valence-corrected chi connectivity index (χ4v) is 3.19. The van der Waals surface area contributed by atoms with Crippen LogP contribution in [0.3, 0.4) is 0 Å².